The van der Waals surface area contributed by atoms with E-state index in [1.807, 2.05) is 44.2 Å². The number of benzene rings is 2. The lowest BCUT2D eigenvalue weighted by molar-refractivity contribution is 0.0652. The lowest BCUT2D eigenvalue weighted by Crippen LogP contribution is -2.59. The van der Waals surface area contributed by atoms with Gasteiger partial charge in [0.05, 0.1) is 7.11 Å². The normalized spacial score (nSPS) is 15.2. The van der Waals surface area contributed by atoms with E-state index in [1.165, 1.54) is 0 Å². The van der Waals surface area contributed by atoms with Crippen molar-refractivity contribution >= 4 is 11.7 Å². The van der Waals surface area contributed by atoms with Crippen molar-refractivity contribution in [2.75, 3.05) is 7.11 Å². The van der Waals surface area contributed by atoms with Crippen molar-refractivity contribution in [2.24, 2.45) is 0 Å². The Labute approximate surface area is 148 Å². The van der Waals surface area contributed by atoms with E-state index in [9.17, 15) is 9.59 Å². The number of aryl methyl sites for hydroxylation is 1. The number of methoxy groups -OCH3 is 1. The Morgan fingerprint density at radius 1 is 1.08 bits per heavy atom. The number of Topliss-reactive ketones (excluding diaryl/α,β-unsaturated/α-hetero) is 1. The summed E-state index contributed by atoms with van der Waals surface area (Å²) in [6.45, 7) is 3.81. The summed E-state index contributed by atoms with van der Waals surface area (Å²) in [6.07, 6.45) is 2.29. The first-order chi connectivity index (χ1) is 12.0. The fourth-order valence-electron chi connectivity index (χ4n) is 3.37. The molecule has 1 aliphatic rings. The number of ether oxygens (including phenoxy) is 1. The second kappa shape index (κ2) is 6.71. The minimum absolute atomic E-state index is 0.00338. The molecule has 0 aliphatic heterocycles. The molecule has 0 atom stereocenters. The summed E-state index contributed by atoms with van der Waals surface area (Å²) in [5.41, 5.74) is 2.22. The number of rotatable bonds is 5. The summed E-state index contributed by atoms with van der Waals surface area (Å²) in [7, 11) is 1.58. The Hall–Kier alpha value is -2.62. The highest BCUT2D eigenvalue weighted by Crippen LogP contribution is 2.36. The molecule has 0 bridgehead atoms. The van der Waals surface area contributed by atoms with Crippen molar-refractivity contribution in [2.45, 2.75) is 38.6 Å². The van der Waals surface area contributed by atoms with Crippen LogP contribution >= 0.6 is 0 Å². The Morgan fingerprint density at radius 3 is 2.40 bits per heavy atom. The van der Waals surface area contributed by atoms with Gasteiger partial charge in [-0.2, -0.15) is 0 Å². The van der Waals surface area contributed by atoms with E-state index in [-0.39, 0.29) is 11.7 Å². The standard InChI is InChI=1S/C21H23NO3/c1-14-7-4-8-16(13-14)19(23)21(11-6-12-21)22-20(24)17-9-5-10-18(25-3)15(17)2/h4-5,7-10,13H,6,11-12H2,1-3H3,(H,22,24). The zero-order valence-corrected chi connectivity index (χ0v) is 14.9. The first kappa shape index (κ1) is 17.2. The minimum atomic E-state index is -0.791. The molecule has 130 valence electrons. The fourth-order valence-corrected chi connectivity index (χ4v) is 3.37. The van der Waals surface area contributed by atoms with E-state index in [0.29, 0.717) is 29.7 Å². The highest BCUT2D eigenvalue weighted by molar-refractivity contribution is 6.08. The van der Waals surface area contributed by atoms with E-state index < -0.39 is 5.54 Å². The molecule has 1 N–H and O–H groups in total. The van der Waals surface area contributed by atoms with Gasteiger partial charge in [-0.25, -0.2) is 0 Å². The van der Waals surface area contributed by atoms with Crippen molar-refractivity contribution in [1.29, 1.82) is 0 Å². The predicted molar refractivity (Wildman–Crippen MR) is 97.3 cm³/mol. The van der Waals surface area contributed by atoms with Crippen LogP contribution in [-0.4, -0.2) is 24.3 Å². The van der Waals surface area contributed by atoms with Crippen LogP contribution in [-0.2, 0) is 0 Å². The van der Waals surface area contributed by atoms with Gasteiger partial charge in [0.25, 0.3) is 5.91 Å². The molecule has 4 heteroatoms. The monoisotopic (exact) mass is 337 g/mol. The first-order valence-corrected chi connectivity index (χ1v) is 8.54. The molecular formula is C21H23NO3. The Kier molecular flexibility index (Phi) is 4.62. The van der Waals surface area contributed by atoms with Gasteiger partial charge >= 0.3 is 0 Å². The lowest BCUT2D eigenvalue weighted by atomic mass is 9.71. The molecule has 0 aromatic heterocycles. The van der Waals surface area contributed by atoms with Crippen LogP contribution in [0.5, 0.6) is 5.75 Å². The molecule has 0 radical (unpaired) electrons. The number of hydrogen-bond acceptors (Lipinski definition) is 3. The summed E-state index contributed by atoms with van der Waals surface area (Å²) in [5.74, 6) is 0.439. The largest absolute Gasteiger partial charge is 0.496 e. The number of nitrogens with one attached hydrogen (secondary N) is 1. The van der Waals surface area contributed by atoms with Crippen LogP contribution in [0.2, 0.25) is 0 Å². The van der Waals surface area contributed by atoms with Gasteiger partial charge in [-0.1, -0.05) is 29.8 Å². The topological polar surface area (TPSA) is 55.4 Å². The maximum atomic E-state index is 13.0. The molecular weight excluding hydrogens is 314 g/mol. The average Bonchev–Trinajstić information content (AvgIpc) is 2.57. The van der Waals surface area contributed by atoms with E-state index >= 15 is 0 Å². The smallest absolute Gasteiger partial charge is 0.252 e. The van der Waals surface area contributed by atoms with Gasteiger partial charge in [0.1, 0.15) is 11.3 Å². The molecule has 1 fully saturated rings. The van der Waals surface area contributed by atoms with Gasteiger partial charge in [0.15, 0.2) is 5.78 Å². The molecule has 0 saturated heterocycles. The number of carbonyl (C=O) groups is 2. The van der Waals surface area contributed by atoms with Gasteiger partial charge in [0.2, 0.25) is 0 Å². The van der Waals surface area contributed by atoms with Gasteiger partial charge in [-0.05, 0) is 51.3 Å². The maximum Gasteiger partial charge on any atom is 0.252 e. The SMILES string of the molecule is COc1cccc(C(=O)NC2(C(=O)c3cccc(C)c3)CCC2)c1C. The molecule has 1 aliphatic carbocycles. The van der Waals surface area contributed by atoms with Crippen molar-refractivity contribution in [3.8, 4) is 5.75 Å². The molecule has 25 heavy (non-hydrogen) atoms. The number of ketones is 1. The minimum Gasteiger partial charge on any atom is -0.496 e. The highest BCUT2D eigenvalue weighted by atomic mass is 16.5. The van der Waals surface area contributed by atoms with Crippen molar-refractivity contribution in [1.82, 2.24) is 5.32 Å². The molecule has 1 saturated carbocycles. The molecule has 4 nitrogen and oxygen atoms in total. The molecule has 0 heterocycles. The van der Waals surface area contributed by atoms with Crippen LogP contribution in [0.1, 0.15) is 51.1 Å². The van der Waals surface area contributed by atoms with Gasteiger partial charge in [-0.3, -0.25) is 9.59 Å². The second-order valence-corrected chi connectivity index (χ2v) is 6.72. The van der Waals surface area contributed by atoms with Crippen LogP contribution in [0.25, 0.3) is 0 Å². The molecule has 1 amide bonds. The summed E-state index contributed by atoms with van der Waals surface area (Å²) in [6, 6.07) is 12.9. The number of amides is 1. The van der Waals surface area contributed by atoms with Crippen LogP contribution in [0.3, 0.4) is 0 Å². The zero-order valence-electron chi connectivity index (χ0n) is 14.9. The van der Waals surface area contributed by atoms with Crippen LogP contribution in [0.4, 0.5) is 0 Å². The third-order valence-corrected chi connectivity index (χ3v) is 5.02. The zero-order chi connectivity index (χ0) is 18.0. The highest BCUT2D eigenvalue weighted by Gasteiger charge is 2.45. The van der Waals surface area contributed by atoms with Crippen LogP contribution < -0.4 is 10.1 Å². The van der Waals surface area contributed by atoms with E-state index in [2.05, 4.69) is 5.32 Å². The van der Waals surface area contributed by atoms with Crippen LogP contribution in [0.15, 0.2) is 42.5 Å². The summed E-state index contributed by atoms with van der Waals surface area (Å²) in [5, 5.41) is 3.01. The van der Waals surface area contributed by atoms with Gasteiger partial charge in [0, 0.05) is 16.7 Å². The van der Waals surface area contributed by atoms with Crippen molar-refractivity contribution < 1.29 is 14.3 Å². The summed E-state index contributed by atoms with van der Waals surface area (Å²) < 4.78 is 5.29. The molecule has 0 spiro atoms. The van der Waals surface area contributed by atoms with Crippen LogP contribution in [0, 0.1) is 13.8 Å². The Morgan fingerprint density at radius 2 is 1.80 bits per heavy atom. The fraction of sp³-hybridized carbons (Fsp3) is 0.333. The summed E-state index contributed by atoms with van der Waals surface area (Å²) in [4.78, 5) is 25.9. The van der Waals surface area contributed by atoms with E-state index in [1.54, 1.807) is 19.2 Å². The molecule has 3 rings (SSSR count). The predicted octanol–water partition coefficient (Wildman–Crippen LogP) is 3.85. The maximum absolute atomic E-state index is 13.0. The molecule has 2 aromatic carbocycles. The summed E-state index contributed by atoms with van der Waals surface area (Å²) >= 11 is 0. The lowest BCUT2D eigenvalue weighted by Gasteiger charge is -2.41. The van der Waals surface area contributed by atoms with Crippen molar-refractivity contribution in [3.05, 3.63) is 64.7 Å². The van der Waals surface area contributed by atoms with E-state index in [4.69, 9.17) is 4.74 Å². The number of hydrogen-bond donors (Lipinski definition) is 1. The van der Waals surface area contributed by atoms with Gasteiger partial charge in [-0.15, -0.1) is 0 Å². The van der Waals surface area contributed by atoms with Crippen molar-refractivity contribution in [3.63, 3.8) is 0 Å². The average molecular weight is 337 g/mol. The Bertz CT molecular complexity index is 822. The quantitative estimate of drug-likeness (QED) is 0.843. The molecule has 0 unspecified atom stereocenters. The third kappa shape index (κ3) is 3.16. The first-order valence-electron chi connectivity index (χ1n) is 8.54. The molecule has 2 aromatic rings. The van der Waals surface area contributed by atoms with Gasteiger partial charge < -0.3 is 10.1 Å². The third-order valence-electron chi connectivity index (χ3n) is 5.02. The number of carbonyl (C=O) groups excluding carboxylic acids is 2. The Balaban J connectivity index is 1.87. The van der Waals surface area contributed by atoms with E-state index in [0.717, 1.165) is 17.5 Å². The second-order valence-electron chi connectivity index (χ2n) is 6.72.